The minimum absolute atomic E-state index is 0.246. The summed E-state index contributed by atoms with van der Waals surface area (Å²) in [5, 5.41) is 11.9. The summed E-state index contributed by atoms with van der Waals surface area (Å²) in [6.45, 7) is 2.32. The summed E-state index contributed by atoms with van der Waals surface area (Å²) in [5.41, 5.74) is 1.69. The monoisotopic (exact) mass is 355 g/mol. The fraction of sp³-hybridized carbons (Fsp3) is 0.167. The molecule has 3 aromatic rings. The van der Waals surface area contributed by atoms with Gasteiger partial charge in [0.1, 0.15) is 18.1 Å². The molecular formula is C18H17N3O3S. The highest BCUT2D eigenvalue weighted by molar-refractivity contribution is 7.15. The molecule has 0 spiro atoms. The van der Waals surface area contributed by atoms with Gasteiger partial charge in [0.25, 0.3) is 5.91 Å². The van der Waals surface area contributed by atoms with Gasteiger partial charge in [-0.2, -0.15) is 0 Å². The van der Waals surface area contributed by atoms with E-state index in [2.05, 4.69) is 15.5 Å². The van der Waals surface area contributed by atoms with E-state index in [1.165, 1.54) is 16.9 Å². The van der Waals surface area contributed by atoms with Gasteiger partial charge in [0, 0.05) is 5.56 Å². The van der Waals surface area contributed by atoms with Crippen molar-refractivity contribution in [1.82, 2.24) is 10.2 Å². The first-order chi connectivity index (χ1) is 12.1. The predicted molar refractivity (Wildman–Crippen MR) is 96.4 cm³/mol. The molecule has 3 rings (SSSR count). The average molecular weight is 355 g/mol. The lowest BCUT2D eigenvalue weighted by atomic mass is 10.2. The Morgan fingerprint density at radius 1 is 1.04 bits per heavy atom. The van der Waals surface area contributed by atoms with E-state index in [9.17, 15) is 4.79 Å². The fourth-order valence-corrected chi connectivity index (χ4v) is 2.70. The first kappa shape index (κ1) is 16.9. The SMILES string of the molecule is COc1ccc(C(=O)Nc2nnc(COc3ccc(C)cc3)s2)cc1. The summed E-state index contributed by atoms with van der Waals surface area (Å²) < 4.78 is 10.7. The minimum atomic E-state index is -0.246. The standard InChI is InChI=1S/C18H17N3O3S/c1-12-3-7-15(8-4-12)24-11-16-20-21-18(25-16)19-17(22)13-5-9-14(23-2)10-6-13/h3-10H,11H2,1-2H3,(H,19,21,22). The highest BCUT2D eigenvalue weighted by Crippen LogP contribution is 2.20. The van der Waals surface area contributed by atoms with Crippen molar-refractivity contribution in [2.75, 3.05) is 12.4 Å². The number of carbonyl (C=O) groups excluding carboxylic acids is 1. The van der Waals surface area contributed by atoms with E-state index in [-0.39, 0.29) is 5.91 Å². The van der Waals surface area contributed by atoms with Crippen LogP contribution in [-0.4, -0.2) is 23.2 Å². The van der Waals surface area contributed by atoms with Crippen molar-refractivity contribution in [2.45, 2.75) is 13.5 Å². The van der Waals surface area contributed by atoms with Crippen LogP contribution in [0.25, 0.3) is 0 Å². The lowest BCUT2D eigenvalue weighted by molar-refractivity contribution is 0.102. The van der Waals surface area contributed by atoms with E-state index in [4.69, 9.17) is 9.47 Å². The molecule has 0 unspecified atom stereocenters. The Morgan fingerprint density at radius 3 is 2.40 bits per heavy atom. The maximum Gasteiger partial charge on any atom is 0.257 e. The van der Waals surface area contributed by atoms with Crippen molar-refractivity contribution >= 4 is 22.4 Å². The summed E-state index contributed by atoms with van der Waals surface area (Å²) in [7, 11) is 1.58. The molecule has 0 fully saturated rings. The first-order valence-electron chi connectivity index (χ1n) is 7.61. The summed E-state index contributed by atoms with van der Waals surface area (Å²) in [6.07, 6.45) is 0. The molecule has 0 aliphatic heterocycles. The van der Waals surface area contributed by atoms with Crippen molar-refractivity contribution in [3.8, 4) is 11.5 Å². The van der Waals surface area contributed by atoms with Gasteiger partial charge in [0.05, 0.1) is 7.11 Å². The Bertz CT molecular complexity index is 845. The number of amides is 1. The van der Waals surface area contributed by atoms with Crippen LogP contribution in [0.2, 0.25) is 0 Å². The lowest BCUT2D eigenvalue weighted by Crippen LogP contribution is -2.11. The zero-order valence-electron chi connectivity index (χ0n) is 13.9. The number of benzene rings is 2. The van der Waals surface area contributed by atoms with Crippen LogP contribution in [-0.2, 0) is 6.61 Å². The Labute approximate surface area is 149 Å². The summed E-state index contributed by atoms with van der Waals surface area (Å²) in [6, 6.07) is 14.6. The second-order valence-corrected chi connectivity index (χ2v) is 6.35. The van der Waals surface area contributed by atoms with Crippen LogP contribution in [0, 0.1) is 6.92 Å². The Morgan fingerprint density at radius 2 is 1.72 bits per heavy atom. The van der Waals surface area contributed by atoms with Gasteiger partial charge in [-0.05, 0) is 43.3 Å². The highest BCUT2D eigenvalue weighted by Gasteiger charge is 2.11. The maximum absolute atomic E-state index is 12.2. The van der Waals surface area contributed by atoms with Crippen LogP contribution in [0.4, 0.5) is 5.13 Å². The molecule has 0 aliphatic rings. The number of hydrogen-bond acceptors (Lipinski definition) is 6. The lowest BCUT2D eigenvalue weighted by Gasteiger charge is -2.03. The van der Waals surface area contributed by atoms with Gasteiger partial charge in [-0.1, -0.05) is 29.0 Å². The van der Waals surface area contributed by atoms with Crippen LogP contribution in [0.15, 0.2) is 48.5 Å². The number of nitrogens with one attached hydrogen (secondary N) is 1. The summed E-state index contributed by atoms with van der Waals surface area (Å²) in [5.74, 6) is 1.22. The van der Waals surface area contributed by atoms with E-state index >= 15 is 0 Å². The van der Waals surface area contributed by atoms with Crippen LogP contribution >= 0.6 is 11.3 Å². The Balaban J connectivity index is 1.57. The molecule has 0 saturated carbocycles. The van der Waals surface area contributed by atoms with E-state index < -0.39 is 0 Å². The first-order valence-corrected chi connectivity index (χ1v) is 8.43. The third-order valence-electron chi connectivity index (χ3n) is 3.42. The quantitative estimate of drug-likeness (QED) is 0.730. The second kappa shape index (κ2) is 7.76. The Kier molecular flexibility index (Phi) is 5.25. The number of ether oxygens (including phenoxy) is 2. The molecule has 2 aromatic carbocycles. The van der Waals surface area contributed by atoms with Crippen molar-refractivity contribution in [2.24, 2.45) is 0 Å². The smallest absolute Gasteiger partial charge is 0.257 e. The molecule has 128 valence electrons. The van der Waals surface area contributed by atoms with Crippen LogP contribution in [0.1, 0.15) is 20.9 Å². The summed E-state index contributed by atoms with van der Waals surface area (Å²) >= 11 is 1.28. The molecule has 0 atom stereocenters. The largest absolute Gasteiger partial charge is 0.497 e. The number of methoxy groups -OCH3 is 1. The molecule has 0 aliphatic carbocycles. The zero-order valence-corrected chi connectivity index (χ0v) is 14.7. The topological polar surface area (TPSA) is 73.3 Å². The van der Waals surface area contributed by atoms with E-state index in [0.29, 0.717) is 28.1 Å². The third kappa shape index (κ3) is 4.54. The predicted octanol–water partition coefficient (Wildman–Crippen LogP) is 3.69. The van der Waals surface area contributed by atoms with Gasteiger partial charge >= 0.3 is 0 Å². The van der Waals surface area contributed by atoms with Crippen molar-refractivity contribution in [3.63, 3.8) is 0 Å². The molecule has 1 N–H and O–H groups in total. The minimum Gasteiger partial charge on any atom is -0.497 e. The van der Waals surface area contributed by atoms with Crippen LogP contribution in [0.5, 0.6) is 11.5 Å². The number of aryl methyl sites for hydroxylation is 1. The number of anilines is 1. The average Bonchev–Trinajstić information content (AvgIpc) is 3.08. The molecule has 1 amide bonds. The van der Waals surface area contributed by atoms with Crippen LogP contribution < -0.4 is 14.8 Å². The maximum atomic E-state index is 12.2. The molecular weight excluding hydrogens is 338 g/mol. The van der Waals surface area contributed by atoms with Gasteiger partial charge in [-0.25, -0.2) is 0 Å². The van der Waals surface area contributed by atoms with E-state index in [0.717, 1.165) is 5.75 Å². The number of aromatic nitrogens is 2. The zero-order chi connectivity index (χ0) is 17.6. The molecule has 7 heteroatoms. The summed E-state index contributed by atoms with van der Waals surface area (Å²) in [4.78, 5) is 12.2. The van der Waals surface area contributed by atoms with Gasteiger partial charge in [0.2, 0.25) is 5.13 Å². The van der Waals surface area contributed by atoms with Crippen molar-refractivity contribution in [1.29, 1.82) is 0 Å². The fourth-order valence-electron chi connectivity index (χ4n) is 2.05. The van der Waals surface area contributed by atoms with E-state index in [1.54, 1.807) is 31.4 Å². The number of nitrogens with zero attached hydrogens (tertiary/aromatic N) is 2. The molecule has 0 radical (unpaired) electrons. The third-order valence-corrected chi connectivity index (χ3v) is 4.23. The van der Waals surface area contributed by atoms with Crippen LogP contribution in [0.3, 0.4) is 0 Å². The normalized spacial score (nSPS) is 10.3. The van der Waals surface area contributed by atoms with Crippen molar-refractivity contribution < 1.29 is 14.3 Å². The number of carbonyl (C=O) groups is 1. The molecule has 0 bridgehead atoms. The van der Waals surface area contributed by atoms with Crippen molar-refractivity contribution in [3.05, 3.63) is 64.7 Å². The molecule has 1 aromatic heterocycles. The molecule has 0 saturated heterocycles. The van der Waals surface area contributed by atoms with Gasteiger partial charge < -0.3 is 9.47 Å². The number of hydrogen-bond donors (Lipinski definition) is 1. The number of rotatable bonds is 6. The van der Waals surface area contributed by atoms with Gasteiger partial charge in [0.15, 0.2) is 5.01 Å². The molecule has 6 nitrogen and oxygen atoms in total. The second-order valence-electron chi connectivity index (χ2n) is 5.29. The molecule has 25 heavy (non-hydrogen) atoms. The molecule has 1 heterocycles. The Hall–Kier alpha value is -2.93. The van der Waals surface area contributed by atoms with Gasteiger partial charge in [-0.15, -0.1) is 10.2 Å². The highest BCUT2D eigenvalue weighted by atomic mass is 32.1. The van der Waals surface area contributed by atoms with Gasteiger partial charge in [-0.3, -0.25) is 10.1 Å². The van der Waals surface area contributed by atoms with E-state index in [1.807, 2.05) is 31.2 Å².